The van der Waals surface area contributed by atoms with Gasteiger partial charge in [-0.2, -0.15) is 5.26 Å². The smallest absolute Gasteiger partial charge is 0.0991 e. The average molecular weight is 229 g/mol. The van der Waals surface area contributed by atoms with Gasteiger partial charge in [0.05, 0.1) is 11.6 Å². The van der Waals surface area contributed by atoms with Crippen LogP contribution in [0.2, 0.25) is 0 Å². The molecule has 0 aliphatic carbocycles. The molecule has 0 saturated carbocycles. The topological polar surface area (TPSA) is 47.9 Å². The number of aryl methyl sites for hydroxylation is 1. The number of nitrogens with zero attached hydrogens (tertiary/aromatic N) is 1. The number of rotatable bonds is 3. The molecule has 0 amide bonds. The Bertz CT molecular complexity index is 414. The maximum atomic E-state index is 8.81. The van der Waals surface area contributed by atoms with Crippen LogP contribution < -0.4 is 10.6 Å². The van der Waals surface area contributed by atoms with E-state index in [9.17, 15) is 0 Å². The van der Waals surface area contributed by atoms with Gasteiger partial charge in [0.1, 0.15) is 0 Å². The van der Waals surface area contributed by atoms with Crippen LogP contribution in [-0.4, -0.2) is 19.6 Å². The predicted octanol–water partition coefficient (Wildman–Crippen LogP) is 2.28. The lowest BCUT2D eigenvalue weighted by Gasteiger charge is -2.23. The third-order valence-electron chi connectivity index (χ3n) is 3.40. The Hall–Kier alpha value is -1.53. The molecule has 0 spiro atoms. The zero-order chi connectivity index (χ0) is 12.1. The van der Waals surface area contributed by atoms with E-state index in [1.807, 2.05) is 25.1 Å². The molecule has 1 aromatic carbocycles. The van der Waals surface area contributed by atoms with Gasteiger partial charge in [0.2, 0.25) is 0 Å². The molecule has 0 radical (unpaired) electrons. The molecular formula is C14H19N3. The van der Waals surface area contributed by atoms with Crippen LogP contribution in [0.5, 0.6) is 0 Å². The maximum Gasteiger partial charge on any atom is 0.0991 e. The van der Waals surface area contributed by atoms with Crippen molar-refractivity contribution in [2.45, 2.75) is 19.8 Å². The molecule has 2 rings (SSSR count). The van der Waals surface area contributed by atoms with E-state index in [2.05, 4.69) is 16.7 Å². The van der Waals surface area contributed by atoms with E-state index in [1.54, 1.807) is 0 Å². The monoisotopic (exact) mass is 229 g/mol. The van der Waals surface area contributed by atoms with Crippen LogP contribution in [0.3, 0.4) is 0 Å². The quantitative estimate of drug-likeness (QED) is 0.836. The molecule has 1 aromatic rings. The van der Waals surface area contributed by atoms with Crippen LogP contribution in [0.4, 0.5) is 5.69 Å². The van der Waals surface area contributed by atoms with E-state index in [4.69, 9.17) is 5.26 Å². The first-order valence-corrected chi connectivity index (χ1v) is 6.25. The molecule has 1 aliphatic rings. The van der Waals surface area contributed by atoms with Gasteiger partial charge < -0.3 is 10.6 Å². The number of nitrogens with one attached hydrogen (secondary N) is 2. The molecule has 90 valence electrons. The number of nitriles is 1. The molecule has 0 aromatic heterocycles. The third-order valence-corrected chi connectivity index (χ3v) is 3.40. The van der Waals surface area contributed by atoms with Crippen molar-refractivity contribution in [1.82, 2.24) is 5.32 Å². The highest BCUT2D eigenvalue weighted by atomic mass is 14.9. The van der Waals surface area contributed by atoms with Gasteiger partial charge in [-0.25, -0.2) is 0 Å². The summed E-state index contributed by atoms with van der Waals surface area (Å²) in [4.78, 5) is 0. The van der Waals surface area contributed by atoms with Gasteiger partial charge in [-0.1, -0.05) is 0 Å². The summed E-state index contributed by atoms with van der Waals surface area (Å²) in [6.07, 6.45) is 2.50. The summed E-state index contributed by atoms with van der Waals surface area (Å²) in [5.74, 6) is 0.770. The highest BCUT2D eigenvalue weighted by molar-refractivity contribution is 5.54. The van der Waals surface area contributed by atoms with Crippen LogP contribution in [0, 0.1) is 24.2 Å². The zero-order valence-corrected chi connectivity index (χ0v) is 10.3. The minimum Gasteiger partial charge on any atom is -0.385 e. The second-order valence-corrected chi connectivity index (χ2v) is 4.72. The Morgan fingerprint density at radius 3 is 2.82 bits per heavy atom. The van der Waals surface area contributed by atoms with Gasteiger partial charge in [-0.15, -0.1) is 0 Å². The first-order chi connectivity index (χ1) is 8.29. The minimum atomic E-state index is 0.731. The largest absolute Gasteiger partial charge is 0.385 e. The first-order valence-electron chi connectivity index (χ1n) is 6.25. The molecule has 17 heavy (non-hydrogen) atoms. The fourth-order valence-electron chi connectivity index (χ4n) is 2.27. The van der Waals surface area contributed by atoms with Gasteiger partial charge in [-0.3, -0.25) is 0 Å². The zero-order valence-electron chi connectivity index (χ0n) is 10.3. The molecule has 0 atom stereocenters. The van der Waals surface area contributed by atoms with Crippen molar-refractivity contribution in [3.63, 3.8) is 0 Å². The highest BCUT2D eigenvalue weighted by Gasteiger charge is 2.12. The summed E-state index contributed by atoms with van der Waals surface area (Å²) in [6, 6.07) is 7.98. The van der Waals surface area contributed by atoms with Crippen molar-refractivity contribution in [2.24, 2.45) is 5.92 Å². The maximum absolute atomic E-state index is 8.81. The van der Waals surface area contributed by atoms with Crippen LogP contribution in [0.15, 0.2) is 18.2 Å². The highest BCUT2D eigenvalue weighted by Crippen LogP contribution is 2.18. The summed E-state index contributed by atoms with van der Waals surface area (Å²) in [6.45, 7) is 5.36. The van der Waals surface area contributed by atoms with Crippen LogP contribution in [0.25, 0.3) is 0 Å². The lowest BCUT2D eigenvalue weighted by molar-refractivity contribution is 0.390. The molecule has 1 saturated heterocycles. The standard InChI is InChI=1S/C14H19N3/c1-11-8-13(9-15)2-3-14(11)17-10-12-4-6-16-7-5-12/h2-3,8,12,16-17H,4-7,10H2,1H3. The Labute approximate surface area is 103 Å². The average Bonchev–Trinajstić information content (AvgIpc) is 2.38. The van der Waals surface area contributed by atoms with E-state index in [0.29, 0.717) is 0 Å². The van der Waals surface area contributed by atoms with E-state index < -0.39 is 0 Å². The molecule has 3 nitrogen and oxygen atoms in total. The molecule has 1 fully saturated rings. The lowest BCUT2D eigenvalue weighted by Crippen LogP contribution is -2.31. The molecule has 1 aliphatic heterocycles. The molecule has 0 unspecified atom stereocenters. The van der Waals surface area contributed by atoms with Crippen LogP contribution in [0.1, 0.15) is 24.0 Å². The Balaban J connectivity index is 1.92. The van der Waals surface area contributed by atoms with Crippen molar-refractivity contribution in [3.05, 3.63) is 29.3 Å². The second-order valence-electron chi connectivity index (χ2n) is 4.72. The molecule has 3 heteroatoms. The van der Waals surface area contributed by atoms with Gasteiger partial charge in [-0.05, 0) is 62.5 Å². The minimum absolute atomic E-state index is 0.731. The van der Waals surface area contributed by atoms with E-state index in [-0.39, 0.29) is 0 Å². The Kier molecular flexibility index (Phi) is 4.00. The SMILES string of the molecule is Cc1cc(C#N)ccc1NCC1CCNCC1. The van der Waals surface area contributed by atoms with Crippen molar-refractivity contribution in [2.75, 3.05) is 25.0 Å². The van der Waals surface area contributed by atoms with E-state index in [0.717, 1.165) is 42.4 Å². The summed E-state index contributed by atoms with van der Waals surface area (Å²) >= 11 is 0. The van der Waals surface area contributed by atoms with Crippen molar-refractivity contribution >= 4 is 5.69 Å². The molecule has 2 N–H and O–H groups in total. The first kappa shape index (κ1) is 11.9. The lowest BCUT2D eigenvalue weighted by atomic mass is 9.98. The summed E-state index contributed by atoms with van der Waals surface area (Å²) in [5, 5.41) is 15.7. The molecule has 0 bridgehead atoms. The normalized spacial score (nSPS) is 16.5. The van der Waals surface area contributed by atoms with Crippen molar-refractivity contribution < 1.29 is 0 Å². The van der Waals surface area contributed by atoms with Gasteiger partial charge in [0.15, 0.2) is 0 Å². The summed E-state index contributed by atoms with van der Waals surface area (Å²) in [7, 11) is 0. The summed E-state index contributed by atoms with van der Waals surface area (Å²) < 4.78 is 0. The van der Waals surface area contributed by atoms with Crippen LogP contribution >= 0.6 is 0 Å². The third kappa shape index (κ3) is 3.21. The van der Waals surface area contributed by atoms with Crippen LogP contribution in [-0.2, 0) is 0 Å². The van der Waals surface area contributed by atoms with E-state index in [1.165, 1.54) is 12.8 Å². The fourth-order valence-corrected chi connectivity index (χ4v) is 2.27. The fraction of sp³-hybridized carbons (Fsp3) is 0.500. The van der Waals surface area contributed by atoms with Gasteiger partial charge in [0, 0.05) is 12.2 Å². The number of benzene rings is 1. The number of hydrogen-bond donors (Lipinski definition) is 2. The van der Waals surface area contributed by atoms with E-state index >= 15 is 0 Å². The van der Waals surface area contributed by atoms with Gasteiger partial charge in [0.25, 0.3) is 0 Å². The predicted molar refractivity (Wildman–Crippen MR) is 70.0 cm³/mol. The van der Waals surface area contributed by atoms with Crippen molar-refractivity contribution in [3.8, 4) is 6.07 Å². The number of anilines is 1. The molecule has 1 heterocycles. The second kappa shape index (κ2) is 5.70. The Morgan fingerprint density at radius 2 is 2.18 bits per heavy atom. The van der Waals surface area contributed by atoms with Gasteiger partial charge >= 0.3 is 0 Å². The summed E-state index contributed by atoms with van der Waals surface area (Å²) in [5.41, 5.74) is 3.04. The number of hydrogen-bond acceptors (Lipinski definition) is 3. The van der Waals surface area contributed by atoms with Crippen molar-refractivity contribution in [1.29, 1.82) is 5.26 Å². The number of piperidine rings is 1. The Morgan fingerprint density at radius 1 is 1.41 bits per heavy atom. The molecular weight excluding hydrogens is 210 g/mol.